The lowest BCUT2D eigenvalue weighted by molar-refractivity contribution is -0.120. The number of nitrogens with one attached hydrogen (secondary N) is 1. The van der Waals surface area contributed by atoms with E-state index in [9.17, 15) is 4.79 Å². The maximum absolute atomic E-state index is 11.8. The molecule has 0 saturated carbocycles. The van der Waals surface area contributed by atoms with Gasteiger partial charge in [0.25, 0.3) is 0 Å². The molecule has 1 N–H and O–H groups in total. The second-order valence-electron chi connectivity index (χ2n) is 4.83. The first-order valence-corrected chi connectivity index (χ1v) is 7.69. The second kappa shape index (κ2) is 6.05. The van der Waals surface area contributed by atoms with E-state index in [1.807, 2.05) is 47.3 Å². The molecule has 0 radical (unpaired) electrons. The number of hydrogen-bond donors (Lipinski definition) is 1. The highest BCUT2D eigenvalue weighted by atomic mass is 32.1. The van der Waals surface area contributed by atoms with Crippen LogP contribution >= 0.6 is 11.3 Å². The van der Waals surface area contributed by atoms with Crippen molar-refractivity contribution in [1.29, 1.82) is 0 Å². The van der Waals surface area contributed by atoms with Crippen LogP contribution in [0, 0.1) is 6.92 Å². The van der Waals surface area contributed by atoms with Gasteiger partial charge in [0.05, 0.1) is 22.8 Å². The maximum atomic E-state index is 11.8. The van der Waals surface area contributed by atoms with Gasteiger partial charge in [0.15, 0.2) is 0 Å². The Balaban J connectivity index is 1.50. The number of aryl methyl sites for hydroxylation is 1. The fourth-order valence-electron chi connectivity index (χ4n) is 2.15. The van der Waals surface area contributed by atoms with Crippen molar-refractivity contribution < 1.29 is 4.79 Å². The van der Waals surface area contributed by atoms with Crippen molar-refractivity contribution in [1.82, 2.24) is 19.7 Å². The summed E-state index contributed by atoms with van der Waals surface area (Å²) in [5.41, 5.74) is 2.74. The van der Waals surface area contributed by atoms with Gasteiger partial charge in [0, 0.05) is 30.7 Å². The molecule has 0 aliphatic carbocycles. The van der Waals surface area contributed by atoms with Crippen LogP contribution in [0.4, 0.5) is 0 Å². The highest BCUT2D eigenvalue weighted by molar-refractivity contribution is 7.09. The van der Waals surface area contributed by atoms with Crippen LogP contribution in [-0.4, -0.2) is 26.8 Å². The molecular formula is C15H16N4OS. The zero-order valence-electron chi connectivity index (χ0n) is 11.7. The Bertz CT molecular complexity index is 729. The topological polar surface area (TPSA) is 59.3 Å². The van der Waals surface area contributed by atoms with Crippen molar-refractivity contribution in [2.24, 2.45) is 0 Å². The molecule has 0 aromatic carbocycles. The third-order valence-corrected chi connectivity index (χ3v) is 3.95. The van der Waals surface area contributed by atoms with E-state index < -0.39 is 0 Å². The second-order valence-corrected chi connectivity index (χ2v) is 5.90. The molecule has 1 amide bonds. The summed E-state index contributed by atoms with van der Waals surface area (Å²) in [6, 6.07) is 5.90. The summed E-state index contributed by atoms with van der Waals surface area (Å²) in [5, 5.41) is 5.83. The Morgan fingerprint density at radius 1 is 1.33 bits per heavy atom. The van der Waals surface area contributed by atoms with E-state index in [0.29, 0.717) is 13.0 Å². The summed E-state index contributed by atoms with van der Waals surface area (Å²) in [4.78, 5) is 20.6. The Kier molecular flexibility index (Phi) is 3.96. The number of carbonyl (C=O) groups is 1. The van der Waals surface area contributed by atoms with Gasteiger partial charge in [0.2, 0.25) is 5.91 Å². The standard InChI is InChI=1S/C15H16N4OS/c1-11-17-13(10-21-11)8-15(20)16-6-5-12-9-19-7-3-2-4-14(19)18-12/h2-4,7,9-10H,5-6,8H2,1H3,(H,16,20). The zero-order valence-corrected chi connectivity index (χ0v) is 12.6. The number of amides is 1. The van der Waals surface area contributed by atoms with Gasteiger partial charge in [-0.15, -0.1) is 11.3 Å². The van der Waals surface area contributed by atoms with Gasteiger partial charge in [-0.3, -0.25) is 4.79 Å². The van der Waals surface area contributed by atoms with Crippen LogP contribution in [0.5, 0.6) is 0 Å². The van der Waals surface area contributed by atoms with Crippen molar-refractivity contribution >= 4 is 22.9 Å². The highest BCUT2D eigenvalue weighted by Crippen LogP contribution is 2.08. The molecule has 0 aliphatic rings. The van der Waals surface area contributed by atoms with Crippen LogP contribution in [-0.2, 0) is 17.6 Å². The Morgan fingerprint density at radius 2 is 2.24 bits per heavy atom. The molecule has 0 saturated heterocycles. The van der Waals surface area contributed by atoms with Crippen molar-refractivity contribution in [2.75, 3.05) is 6.54 Å². The number of aromatic nitrogens is 3. The molecule has 3 heterocycles. The first-order chi connectivity index (χ1) is 10.2. The number of hydrogen-bond acceptors (Lipinski definition) is 4. The normalized spacial score (nSPS) is 10.9. The van der Waals surface area contributed by atoms with E-state index >= 15 is 0 Å². The molecule has 0 unspecified atom stereocenters. The van der Waals surface area contributed by atoms with Crippen LogP contribution in [0.15, 0.2) is 36.0 Å². The average Bonchev–Trinajstić information content (AvgIpc) is 3.04. The van der Waals surface area contributed by atoms with Crippen molar-refractivity contribution in [3.05, 3.63) is 52.4 Å². The number of carbonyl (C=O) groups excluding carboxylic acids is 1. The van der Waals surface area contributed by atoms with Gasteiger partial charge in [-0.25, -0.2) is 9.97 Å². The summed E-state index contributed by atoms with van der Waals surface area (Å²) in [6.07, 6.45) is 5.03. The molecule has 21 heavy (non-hydrogen) atoms. The fourth-order valence-corrected chi connectivity index (χ4v) is 2.77. The number of thiazole rings is 1. The van der Waals surface area contributed by atoms with Crippen molar-refractivity contribution in [3.8, 4) is 0 Å². The minimum atomic E-state index is 0.00376. The third-order valence-electron chi connectivity index (χ3n) is 3.13. The monoisotopic (exact) mass is 300 g/mol. The lowest BCUT2D eigenvalue weighted by Gasteiger charge is -2.02. The number of nitrogens with zero attached hydrogens (tertiary/aromatic N) is 3. The molecule has 0 aliphatic heterocycles. The van der Waals surface area contributed by atoms with Gasteiger partial charge in [-0.05, 0) is 19.1 Å². The van der Waals surface area contributed by atoms with E-state index in [4.69, 9.17) is 0 Å². The van der Waals surface area contributed by atoms with Crippen LogP contribution in [0.1, 0.15) is 16.4 Å². The smallest absolute Gasteiger partial charge is 0.226 e. The molecule has 6 heteroatoms. The molecule has 3 rings (SSSR count). The lowest BCUT2D eigenvalue weighted by atomic mass is 10.3. The third kappa shape index (κ3) is 3.46. The summed E-state index contributed by atoms with van der Waals surface area (Å²) < 4.78 is 1.98. The van der Waals surface area contributed by atoms with Crippen molar-refractivity contribution in [2.45, 2.75) is 19.8 Å². The Morgan fingerprint density at radius 3 is 3.00 bits per heavy atom. The molecule has 3 aromatic heterocycles. The maximum Gasteiger partial charge on any atom is 0.226 e. The van der Waals surface area contributed by atoms with Crippen molar-refractivity contribution in [3.63, 3.8) is 0 Å². The quantitative estimate of drug-likeness (QED) is 0.784. The largest absolute Gasteiger partial charge is 0.355 e. The summed E-state index contributed by atoms with van der Waals surface area (Å²) in [7, 11) is 0. The predicted molar refractivity (Wildman–Crippen MR) is 82.5 cm³/mol. The molecule has 0 spiro atoms. The molecule has 0 bridgehead atoms. The summed E-state index contributed by atoms with van der Waals surface area (Å²) in [6.45, 7) is 2.53. The minimum Gasteiger partial charge on any atom is -0.355 e. The number of pyridine rings is 1. The van der Waals surface area contributed by atoms with Gasteiger partial charge < -0.3 is 9.72 Å². The molecule has 3 aromatic rings. The summed E-state index contributed by atoms with van der Waals surface area (Å²) in [5.74, 6) is 0.00376. The minimum absolute atomic E-state index is 0.00376. The van der Waals surface area contributed by atoms with Crippen LogP contribution in [0.25, 0.3) is 5.65 Å². The van der Waals surface area contributed by atoms with E-state index in [1.54, 1.807) is 11.3 Å². The van der Waals surface area contributed by atoms with E-state index in [-0.39, 0.29) is 5.91 Å². The van der Waals surface area contributed by atoms with Gasteiger partial charge in [0.1, 0.15) is 5.65 Å². The number of fused-ring (bicyclic) bond motifs is 1. The van der Waals surface area contributed by atoms with Gasteiger partial charge in [-0.1, -0.05) is 6.07 Å². The lowest BCUT2D eigenvalue weighted by Crippen LogP contribution is -2.27. The molecular weight excluding hydrogens is 284 g/mol. The van der Waals surface area contributed by atoms with E-state index in [2.05, 4.69) is 15.3 Å². The SMILES string of the molecule is Cc1nc(CC(=O)NCCc2cn3ccccc3n2)cs1. The Hall–Kier alpha value is -2.21. The molecule has 5 nitrogen and oxygen atoms in total. The predicted octanol–water partition coefficient (Wildman–Crippen LogP) is 2.00. The molecule has 0 fully saturated rings. The fraction of sp³-hybridized carbons (Fsp3) is 0.267. The first-order valence-electron chi connectivity index (χ1n) is 6.81. The molecule has 0 atom stereocenters. The number of imidazole rings is 1. The molecule has 108 valence electrons. The number of rotatable bonds is 5. The highest BCUT2D eigenvalue weighted by Gasteiger charge is 2.06. The van der Waals surface area contributed by atoms with Crippen LogP contribution in [0.2, 0.25) is 0 Å². The van der Waals surface area contributed by atoms with E-state index in [1.165, 1.54) is 0 Å². The van der Waals surface area contributed by atoms with Crippen LogP contribution in [0.3, 0.4) is 0 Å². The zero-order chi connectivity index (χ0) is 14.7. The van der Waals surface area contributed by atoms with Gasteiger partial charge in [-0.2, -0.15) is 0 Å². The summed E-state index contributed by atoms with van der Waals surface area (Å²) >= 11 is 1.57. The first kappa shape index (κ1) is 13.8. The van der Waals surface area contributed by atoms with E-state index in [0.717, 1.165) is 28.5 Å². The van der Waals surface area contributed by atoms with Crippen LogP contribution < -0.4 is 5.32 Å². The Labute approximate surface area is 126 Å². The average molecular weight is 300 g/mol. The van der Waals surface area contributed by atoms with Gasteiger partial charge >= 0.3 is 0 Å².